The Kier molecular flexibility index (Phi) is 4.32. The third-order valence-corrected chi connectivity index (χ3v) is 3.56. The second-order valence-electron chi connectivity index (χ2n) is 5.09. The molecule has 0 spiro atoms. The zero-order valence-corrected chi connectivity index (χ0v) is 11.1. The molecule has 20 heavy (non-hydrogen) atoms. The molecule has 2 rings (SSSR count). The minimum Gasteiger partial charge on any atom is -0.344 e. The third kappa shape index (κ3) is 3.50. The van der Waals surface area contributed by atoms with E-state index in [1.165, 1.54) is 0 Å². The van der Waals surface area contributed by atoms with Crippen molar-refractivity contribution in [2.75, 3.05) is 13.1 Å². The van der Waals surface area contributed by atoms with E-state index in [4.69, 9.17) is 0 Å². The van der Waals surface area contributed by atoms with Crippen LogP contribution in [-0.4, -0.2) is 31.2 Å². The molecule has 1 saturated heterocycles. The molecule has 6 heteroatoms. The first-order valence-electron chi connectivity index (χ1n) is 6.53. The summed E-state index contributed by atoms with van der Waals surface area (Å²) in [7, 11) is 0. The molecule has 3 nitrogen and oxygen atoms in total. The fourth-order valence-corrected chi connectivity index (χ4v) is 2.47. The highest BCUT2D eigenvalue weighted by atomic mass is 19.4. The maximum absolute atomic E-state index is 12.4. The summed E-state index contributed by atoms with van der Waals surface area (Å²) in [6, 6.07) is 7.15. The van der Waals surface area contributed by atoms with Gasteiger partial charge < -0.3 is 10.6 Å². The number of halogens is 3. The van der Waals surface area contributed by atoms with Crippen LogP contribution < -0.4 is 10.6 Å². The summed E-state index contributed by atoms with van der Waals surface area (Å²) >= 11 is 0. The van der Waals surface area contributed by atoms with Gasteiger partial charge in [0.25, 0.3) is 0 Å². The molecule has 1 aliphatic rings. The Morgan fingerprint density at radius 3 is 2.55 bits per heavy atom. The van der Waals surface area contributed by atoms with Crippen LogP contribution >= 0.6 is 0 Å². The van der Waals surface area contributed by atoms with Crippen molar-refractivity contribution < 1.29 is 18.0 Å². The average Bonchev–Trinajstić information content (AvgIpc) is 2.39. The van der Waals surface area contributed by atoms with E-state index in [0.29, 0.717) is 13.0 Å². The molecule has 0 aliphatic carbocycles. The van der Waals surface area contributed by atoms with E-state index in [1.807, 2.05) is 31.2 Å². The Balaban J connectivity index is 2.13. The molecule has 1 amide bonds. The van der Waals surface area contributed by atoms with Gasteiger partial charge in [0.05, 0.1) is 0 Å². The molecule has 0 radical (unpaired) electrons. The molecule has 0 saturated carbocycles. The first-order chi connectivity index (χ1) is 9.38. The van der Waals surface area contributed by atoms with Crippen LogP contribution in [0.2, 0.25) is 0 Å². The summed E-state index contributed by atoms with van der Waals surface area (Å²) in [5.41, 5.74) is 2.06. The molecule has 0 aromatic heterocycles. The molecule has 1 aromatic rings. The first-order valence-corrected chi connectivity index (χ1v) is 6.53. The second kappa shape index (κ2) is 5.83. The lowest BCUT2D eigenvalue weighted by atomic mass is 9.85. The Morgan fingerprint density at radius 2 is 1.95 bits per heavy atom. The van der Waals surface area contributed by atoms with Crippen molar-refractivity contribution in [3.8, 4) is 0 Å². The van der Waals surface area contributed by atoms with Crippen molar-refractivity contribution >= 4 is 5.91 Å². The normalized spacial score (nSPS) is 23.4. The van der Waals surface area contributed by atoms with Crippen LogP contribution in [0.4, 0.5) is 13.2 Å². The van der Waals surface area contributed by atoms with Gasteiger partial charge in [-0.2, -0.15) is 13.2 Å². The fourth-order valence-electron chi connectivity index (χ4n) is 2.47. The summed E-state index contributed by atoms with van der Waals surface area (Å²) in [5, 5.41) is 5.12. The second-order valence-corrected chi connectivity index (χ2v) is 5.09. The lowest BCUT2D eigenvalue weighted by molar-refractivity contribution is -0.174. The average molecular weight is 286 g/mol. The van der Waals surface area contributed by atoms with E-state index in [-0.39, 0.29) is 5.92 Å². The number of rotatable bonds is 2. The highest BCUT2D eigenvalue weighted by Crippen LogP contribution is 2.27. The van der Waals surface area contributed by atoms with Crippen LogP contribution in [0.1, 0.15) is 23.5 Å². The van der Waals surface area contributed by atoms with E-state index in [9.17, 15) is 18.0 Å². The van der Waals surface area contributed by atoms with Crippen LogP contribution in [0.25, 0.3) is 0 Å². The highest BCUT2D eigenvalue weighted by molar-refractivity contribution is 5.82. The summed E-state index contributed by atoms with van der Waals surface area (Å²) in [4.78, 5) is 11.1. The zero-order valence-electron chi connectivity index (χ0n) is 11.1. The zero-order chi connectivity index (χ0) is 14.8. The van der Waals surface area contributed by atoms with Crippen molar-refractivity contribution in [2.24, 2.45) is 0 Å². The Morgan fingerprint density at radius 1 is 1.30 bits per heavy atom. The number of hydrogen-bond acceptors (Lipinski definition) is 2. The quantitative estimate of drug-likeness (QED) is 0.874. The number of carbonyl (C=O) groups is 1. The fraction of sp³-hybridized carbons (Fsp3) is 0.500. The van der Waals surface area contributed by atoms with Gasteiger partial charge in [-0.3, -0.25) is 4.79 Å². The predicted molar refractivity (Wildman–Crippen MR) is 69.4 cm³/mol. The van der Waals surface area contributed by atoms with Gasteiger partial charge in [-0.1, -0.05) is 29.8 Å². The topological polar surface area (TPSA) is 41.1 Å². The maximum atomic E-state index is 12.4. The maximum Gasteiger partial charge on any atom is 0.471 e. The van der Waals surface area contributed by atoms with Crippen molar-refractivity contribution in [1.29, 1.82) is 0 Å². The SMILES string of the molecule is Cc1ccc(C2CCNCC2NC(=O)C(F)(F)F)cc1. The summed E-state index contributed by atoms with van der Waals surface area (Å²) in [6.45, 7) is 3.03. The van der Waals surface area contributed by atoms with Crippen LogP contribution in [0, 0.1) is 6.92 Å². The highest BCUT2D eigenvalue weighted by Gasteiger charge is 2.41. The molecule has 0 bridgehead atoms. The molecule has 110 valence electrons. The van der Waals surface area contributed by atoms with Gasteiger partial charge in [0.15, 0.2) is 0 Å². The largest absolute Gasteiger partial charge is 0.471 e. The summed E-state index contributed by atoms with van der Waals surface area (Å²) in [6.07, 6.45) is -4.14. The van der Waals surface area contributed by atoms with Gasteiger partial charge in [0.2, 0.25) is 0 Å². The van der Waals surface area contributed by atoms with E-state index in [2.05, 4.69) is 10.6 Å². The number of aryl methyl sites for hydroxylation is 1. The molecule has 1 heterocycles. The van der Waals surface area contributed by atoms with Gasteiger partial charge in [-0.25, -0.2) is 0 Å². The summed E-state index contributed by atoms with van der Waals surface area (Å²) in [5.74, 6) is -1.97. The molecule has 2 unspecified atom stereocenters. The molecular formula is C14H17F3N2O. The summed E-state index contributed by atoms with van der Waals surface area (Å²) < 4.78 is 37.1. The smallest absolute Gasteiger partial charge is 0.344 e. The predicted octanol–water partition coefficient (Wildman–Crippen LogP) is 2.12. The number of carbonyl (C=O) groups excluding carboxylic acids is 1. The van der Waals surface area contributed by atoms with Crippen LogP contribution in [0.3, 0.4) is 0 Å². The van der Waals surface area contributed by atoms with Crippen molar-refractivity contribution in [3.05, 3.63) is 35.4 Å². The number of piperidine rings is 1. The molecule has 1 aromatic carbocycles. The molecule has 1 aliphatic heterocycles. The molecule has 1 fully saturated rings. The van der Waals surface area contributed by atoms with Crippen LogP contribution in [-0.2, 0) is 4.79 Å². The molecule has 2 N–H and O–H groups in total. The Labute approximate surface area is 115 Å². The third-order valence-electron chi connectivity index (χ3n) is 3.56. The van der Waals surface area contributed by atoms with Crippen LogP contribution in [0.5, 0.6) is 0 Å². The van der Waals surface area contributed by atoms with Gasteiger partial charge in [0.1, 0.15) is 0 Å². The van der Waals surface area contributed by atoms with Crippen molar-refractivity contribution in [3.63, 3.8) is 0 Å². The monoisotopic (exact) mass is 286 g/mol. The number of benzene rings is 1. The first kappa shape index (κ1) is 14.8. The van der Waals surface area contributed by atoms with E-state index in [0.717, 1.165) is 17.7 Å². The van der Waals surface area contributed by atoms with E-state index < -0.39 is 18.1 Å². The van der Waals surface area contributed by atoms with Gasteiger partial charge >= 0.3 is 12.1 Å². The minimum atomic E-state index is -4.84. The van der Waals surface area contributed by atoms with Gasteiger partial charge in [-0.15, -0.1) is 0 Å². The Bertz CT molecular complexity index is 470. The Hall–Kier alpha value is -1.56. The number of alkyl halides is 3. The number of hydrogen-bond donors (Lipinski definition) is 2. The lowest BCUT2D eigenvalue weighted by Crippen LogP contribution is -2.53. The minimum absolute atomic E-state index is 0.0943. The lowest BCUT2D eigenvalue weighted by Gasteiger charge is -2.33. The van der Waals surface area contributed by atoms with Gasteiger partial charge in [-0.05, 0) is 25.5 Å². The number of amides is 1. The molecule has 2 atom stereocenters. The molecular weight excluding hydrogens is 269 g/mol. The van der Waals surface area contributed by atoms with Crippen molar-refractivity contribution in [2.45, 2.75) is 31.5 Å². The van der Waals surface area contributed by atoms with Crippen molar-refractivity contribution in [1.82, 2.24) is 10.6 Å². The number of nitrogens with one attached hydrogen (secondary N) is 2. The van der Waals surface area contributed by atoms with Crippen LogP contribution in [0.15, 0.2) is 24.3 Å². The standard InChI is InChI=1S/C14H17F3N2O/c1-9-2-4-10(5-3-9)11-6-7-18-8-12(11)19-13(20)14(15,16)17/h2-5,11-12,18H,6-8H2,1H3,(H,19,20). The van der Waals surface area contributed by atoms with Gasteiger partial charge in [0, 0.05) is 18.5 Å². The van der Waals surface area contributed by atoms with E-state index >= 15 is 0 Å². The van der Waals surface area contributed by atoms with E-state index in [1.54, 1.807) is 0 Å².